The Morgan fingerprint density at radius 1 is 0.739 bits per heavy atom. The maximum atomic E-state index is 13.3. The third-order valence-corrected chi connectivity index (χ3v) is 12.6. The predicted molar refractivity (Wildman–Crippen MR) is 264 cm³/mol. The van der Waals surface area contributed by atoms with Crippen LogP contribution in [0.4, 0.5) is 22.7 Å². The van der Waals surface area contributed by atoms with E-state index in [4.69, 9.17) is 28.1 Å². The van der Waals surface area contributed by atoms with E-state index in [1.807, 2.05) is 43.0 Å². The van der Waals surface area contributed by atoms with Gasteiger partial charge in [-0.2, -0.15) is 0 Å². The summed E-state index contributed by atoms with van der Waals surface area (Å²) in [5.74, 6) is -0.976. The van der Waals surface area contributed by atoms with Gasteiger partial charge < -0.3 is 53.2 Å². The first kappa shape index (κ1) is 47.7. The average molecular weight is 941 g/mol. The van der Waals surface area contributed by atoms with Crippen molar-refractivity contribution in [2.75, 3.05) is 107 Å². The highest BCUT2D eigenvalue weighted by Gasteiger charge is 2.27. The molecular weight excluding hydrogens is 883 g/mol. The summed E-state index contributed by atoms with van der Waals surface area (Å²) in [5.41, 5.74) is 7.65. The van der Waals surface area contributed by atoms with Gasteiger partial charge >= 0.3 is 23.9 Å². The number of hydrogen-bond donors (Lipinski definition) is 2. The molecule has 2 saturated heterocycles. The highest BCUT2D eigenvalue weighted by atomic mass is 16.5. The average Bonchev–Trinajstić information content (AvgIpc) is 3.31. The smallest absolute Gasteiger partial charge is 0.336 e. The van der Waals surface area contributed by atoms with Gasteiger partial charge in [0.25, 0.3) is 0 Å². The van der Waals surface area contributed by atoms with E-state index in [0.717, 1.165) is 77.7 Å². The molecule has 2 fully saturated rings. The van der Waals surface area contributed by atoms with Crippen molar-refractivity contribution in [2.24, 2.45) is 0 Å². The number of para-hydroxylation sites is 2. The molecule has 4 aromatic carbocycles. The van der Waals surface area contributed by atoms with Crippen LogP contribution in [0.1, 0.15) is 41.3 Å². The lowest BCUT2D eigenvalue weighted by atomic mass is 9.86. The first-order valence-corrected chi connectivity index (χ1v) is 23.1. The summed E-state index contributed by atoms with van der Waals surface area (Å²) in [5, 5.41) is 16.3. The van der Waals surface area contributed by atoms with Crippen LogP contribution < -0.4 is 39.4 Å². The summed E-state index contributed by atoms with van der Waals surface area (Å²) < 4.78 is 36.2. The minimum absolute atomic E-state index is 0.0148. The van der Waals surface area contributed by atoms with Crippen molar-refractivity contribution in [3.05, 3.63) is 113 Å². The van der Waals surface area contributed by atoms with Crippen molar-refractivity contribution in [3.8, 4) is 33.9 Å². The molecule has 0 spiro atoms. The number of ether oxygens (including phenoxy) is 5. The molecule has 360 valence electrons. The van der Waals surface area contributed by atoms with E-state index < -0.39 is 23.9 Å². The molecule has 1 aliphatic carbocycles. The standard InChI is InChI=1S/C53H57N5O11/c1-6-55(31-48(59)64-3)43-18-13-36(27-47(43)68-24-23-67-44-12-8-7-11-42(44)58(32-49(60)65-4)33-50(61)66-5)54-30-35-25-34(2)51(41(26-35)53(62)63)52-39-16-14-37(56-19-9-20-56)28-45(39)69-46-29-38(15-17-40(46)52)57-21-10-22-57/h7-8,11-18,25-29,54H,6,9-10,19-24,30-33H2,1-5H3/p+1. The minimum atomic E-state index is -1.04. The molecule has 0 radical (unpaired) electrons. The van der Waals surface area contributed by atoms with Crippen LogP contribution >= 0.6 is 0 Å². The van der Waals surface area contributed by atoms with Crippen LogP contribution in [0.2, 0.25) is 0 Å². The number of methoxy groups -OCH3 is 3. The van der Waals surface area contributed by atoms with E-state index in [9.17, 15) is 24.3 Å². The second-order valence-electron chi connectivity index (χ2n) is 17.0. The van der Waals surface area contributed by atoms with Gasteiger partial charge in [-0.25, -0.2) is 9.37 Å². The number of carboxylic acid groups (broad SMARTS) is 1. The third kappa shape index (κ3) is 10.7. The normalized spacial score (nSPS) is 13.0. The quantitative estimate of drug-likeness (QED) is 0.0268. The number of fused-ring (bicyclic) bond motifs is 2. The van der Waals surface area contributed by atoms with Gasteiger partial charge in [-0.3, -0.25) is 14.4 Å². The lowest BCUT2D eigenvalue weighted by Crippen LogP contribution is -2.40. The molecule has 3 heterocycles. The van der Waals surface area contributed by atoms with E-state index in [1.165, 1.54) is 26.2 Å². The highest BCUT2D eigenvalue weighted by Crippen LogP contribution is 2.44. The number of esters is 3. The molecule has 0 saturated carbocycles. The van der Waals surface area contributed by atoms with Gasteiger partial charge in [0.1, 0.15) is 68.8 Å². The number of aromatic carboxylic acids is 1. The number of carbonyl (C=O) groups is 4. The third-order valence-electron chi connectivity index (χ3n) is 12.6. The maximum absolute atomic E-state index is 13.3. The molecule has 0 bridgehead atoms. The molecule has 0 unspecified atom stereocenters. The topological polar surface area (TPSA) is 173 Å². The van der Waals surface area contributed by atoms with E-state index >= 15 is 0 Å². The van der Waals surface area contributed by atoms with Gasteiger partial charge in [-0.05, 0) is 79.9 Å². The van der Waals surface area contributed by atoms with Gasteiger partial charge in [-0.15, -0.1) is 0 Å². The molecule has 4 aromatic rings. The lowest BCUT2D eigenvalue weighted by molar-refractivity contribution is -0.140. The number of benzene rings is 5. The number of aryl methyl sites for hydroxylation is 1. The molecule has 16 nitrogen and oxygen atoms in total. The van der Waals surface area contributed by atoms with Crippen molar-refractivity contribution in [2.45, 2.75) is 33.2 Å². The number of nitrogens with one attached hydrogen (secondary N) is 1. The number of carboxylic acids is 1. The Morgan fingerprint density at radius 2 is 1.42 bits per heavy atom. The molecule has 69 heavy (non-hydrogen) atoms. The van der Waals surface area contributed by atoms with Gasteiger partial charge in [0.05, 0.1) is 50.8 Å². The van der Waals surface area contributed by atoms with Crippen molar-refractivity contribution < 1.29 is 52.4 Å². The summed E-state index contributed by atoms with van der Waals surface area (Å²) in [4.78, 5) is 56.0. The molecular formula is C53H58N5O11+. The van der Waals surface area contributed by atoms with Crippen LogP contribution in [-0.4, -0.2) is 116 Å². The van der Waals surface area contributed by atoms with E-state index in [0.29, 0.717) is 52.0 Å². The van der Waals surface area contributed by atoms with Crippen molar-refractivity contribution in [1.29, 1.82) is 0 Å². The molecule has 0 amide bonds. The number of hydrogen-bond acceptors (Lipinski definition) is 14. The van der Waals surface area contributed by atoms with Crippen LogP contribution in [0.25, 0.3) is 33.4 Å². The van der Waals surface area contributed by atoms with Crippen LogP contribution in [0.15, 0.2) is 95.4 Å². The fraction of sp³-hybridized carbons (Fsp3) is 0.340. The molecule has 0 atom stereocenters. The second-order valence-corrected chi connectivity index (χ2v) is 17.0. The summed E-state index contributed by atoms with van der Waals surface area (Å²) in [7, 11) is 3.88. The van der Waals surface area contributed by atoms with E-state index in [2.05, 4.69) is 51.2 Å². The molecule has 4 aliphatic rings. The van der Waals surface area contributed by atoms with Gasteiger partial charge in [0, 0.05) is 77.8 Å². The number of anilines is 4. The number of carbonyl (C=O) groups excluding carboxylic acids is 3. The zero-order valence-corrected chi connectivity index (χ0v) is 39.7. The Kier molecular flexibility index (Phi) is 14.9. The summed E-state index contributed by atoms with van der Waals surface area (Å²) in [6.07, 6.45) is 2.29. The van der Waals surface area contributed by atoms with Crippen molar-refractivity contribution >= 4 is 57.6 Å². The molecule has 0 aromatic heterocycles. The Balaban J connectivity index is 1.07. The van der Waals surface area contributed by atoms with Gasteiger partial charge in [0.15, 0.2) is 0 Å². The van der Waals surface area contributed by atoms with Gasteiger partial charge in [0.2, 0.25) is 5.36 Å². The maximum Gasteiger partial charge on any atom is 0.336 e. The first-order valence-electron chi connectivity index (χ1n) is 23.1. The van der Waals surface area contributed by atoms with E-state index in [1.54, 1.807) is 30.3 Å². The SMILES string of the molecule is CCN(CC(=O)OC)c1ccc(NCc2cc(C)c(-c3c4ccc(=[N+]5CCC5)cc-4oc4cc(N5CCC5)ccc34)c(C(=O)O)c2)cc1OCCOc1ccccc1N(CC(=O)OC)CC(=O)OC. The molecule has 2 N–H and O–H groups in total. The number of nitrogens with zero attached hydrogens (tertiary/aromatic N) is 4. The summed E-state index contributed by atoms with van der Waals surface area (Å²) in [6.45, 7) is 8.30. The second kappa shape index (κ2) is 21.5. The van der Waals surface area contributed by atoms with E-state index in [-0.39, 0.29) is 45.0 Å². The van der Waals surface area contributed by atoms with Crippen LogP contribution in [0.3, 0.4) is 0 Å². The zero-order valence-electron chi connectivity index (χ0n) is 39.7. The first-order chi connectivity index (χ1) is 33.5. The van der Waals surface area contributed by atoms with Crippen molar-refractivity contribution in [1.82, 2.24) is 4.58 Å². The van der Waals surface area contributed by atoms with Crippen LogP contribution in [0.5, 0.6) is 11.5 Å². The Bertz CT molecular complexity index is 2900. The Hall–Kier alpha value is -7.75. The van der Waals surface area contributed by atoms with Crippen molar-refractivity contribution in [3.63, 3.8) is 0 Å². The predicted octanol–water partition coefficient (Wildman–Crippen LogP) is 6.82. The van der Waals surface area contributed by atoms with Crippen LogP contribution in [0, 0.1) is 6.92 Å². The Labute approximate surface area is 400 Å². The molecule has 16 heteroatoms. The summed E-state index contributed by atoms with van der Waals surface area (Å²) in [6, 6.07) is 28.7. The number of likely N-dealkylation sites (N-methyl/N-ethyl adjacent to an activating group) is 1. The summed E-state index contributed by atoms with van der Waals surface area (Å²) >= 11 is 0. The minimum Gasteiger partial charge on any atom is -0.488 e. The monoisotopic (exact) mass is 940 g/mol. The fourth-order valence-corrected chi connectivity index (χ4v) is 8.75. The largest absolute Gasteiger partial charge is 0.488 e. The zero-order chi connectivity index (χ0) is 48.6. The lowest BCUT2D eigenvalue weighted by Gasteiger charge is -2.33. The van der Waals surface area contributed by atoms with Gasteiger partial charge in [-0.1, -0.05) is 18.2 Å². The highest BCUT2D eigenvalue weighted by molar-refractivity contribution is 6.09. The van der Waals surface area contributed by atoms with Crippen LogP contribution in [-0.2, 0) is 35.1 Å². The fourth-order valence-electron chi connectivity index (χ4n) is 8.75. The number of rotatable bonds is 20. The Morgan fingerprint density at radius 3 is 2.06 bits per heavy atom. The molecule has 8 rings (SSSR count). The molecule has 3 aliphatic heterocycles.